The van der Waals surface area contributed by atoms with Gasteiger partial charge in [0.25, 0.3) is 0 Å². The van der Waals surface area contributed by atoms with Crippen LogP contribution in [0, 0.1) is 0 Å². The molecule has 1 heterocycles. The maximum Gasteiger partial charge on any atom is 0.131 e. The maximum absolute atomic E-state index is 6.06. The van der Waals surface area contributed by atoms with E-state index in [-0.39, 0.29) is 5.66 Å². The standard InChI is InChI=1S/C13H17N3/c14-12-10-6-2-3-7-11(10)15-13(16-12)8-4-1-5-9-13/h2-3,6-7,15H,1,4-5,8-9H2,(H2,14,16). The van der Waals surface area contributed by atoms with Crippen molar-refractivity contribution in [2.45, 2.75) is 37.8 Å². The Bertz CT molecular complexity index is 431. The second-order valence-electron chi connectivity index (χ2n) is 4.76. The van der Waals surface area contributed by atoms with Gasteiger partial charge in [-0.15, -0.1) is 0 Å². The van der Waals surface area contributed by atoms with E-state index in [0.717, 1.165) is 24.1 Å². The highest BCUT2D eigenvalue weighted by Gasteiger charge is 2.35. The van der Waals surface area contributed by atoms with Crippen LogP contribution in [0.4, 0.5) is 5.69 Å². The number of para-hydroxylation sites is 1. The van der Waals surface area contributed by atoms with Crippen LogP contribution in [-0.2, 0) is 0 Å². The van der Waals surface area contributed by atoms with Crippen molar-refractivity contribution in [1.82, 2.24) is 0 Å². The number of amidine groups is 1. The molecule has 84 valence electrons. The summed E-state index contributed by atoms with van der Waals surface area (Å²) in [5, 5.41) is 3.58. The fourth-order valence-electron chi connectivity index (χ4n) is 2.76. The Morgan fingerprint density at radius 2 is 1.88 bits per heavy atom. The number of aliphatic imine (C=N–C) groups is 1. The summed E-state index contributed by atoms with van der Waals surface area (Å²) in [6, 6.07) is 8.16. The summed E-state index contributed by atoms with van der Waals surface area (Å²) in [7, 11) is 0. The third-order valence-electron chi connectivity index (χ3n) is 3.59. The highest BCUT2D eigenvalue weighted by atomic mass is 15.2. The van der Waals surface area contributed by atoms with E-state index < -0.39 is 0 Å². The number of rotatable bonds is 0. The van der Waals surface area contributed by atoms with Crippen molar-refractivity contribution < 1.29 is 0 Å². The SMILES string of the molecule is NC1=NC2(CCCCC2)Nc2ccccc21. The number of hydrogen-bond acceptors (Lipinski definition) is 3. The summed E-state index contributed by atoms with van der Waals surface area (Å²) in [6.45, 7) is 0. The lowest BCUT2D eigenvalue weighted by atomic mass is 9.87. The fraction of sp³-hybridized carbons (Fsp3) is 0.462. The van der Waals surface area contributed by atoms with Crippen molar-refractivity contribution >= 4 is 11.5 Å². The smallest absolute Gasteiger partial charge is 0.131 e. The molecule has 16 heavy (non-hydrogen) atoms. The van der Waals surface area contributed by atoms with Gasteiger partial charge in [-0.1, -0.05) is 18.6 Å². The Balaban J connectivity index is 2.01. The molecular formula is C13H17N3. The third kappa shape index (κ3) is 1.47. The molecule has 0 amide bonds. The number of nitrogens with zero attached hydrogens (tertiary/aromatic N) is 1. The molecule has 0 saturated heterocycles. The van der Waals surface area contributed by atoms with Crippen LogP contribution >= 0.6 is 0 Å². The predicted octanol–water partition coefficient (Wildman–Crippen LogP) is 2.48. The molecule has 3 nitrogen and oxygen atoms in total. The third-order valence-corrected chi connectivity index (χ3v) is 3.59. The minimum Gasteiger partial charge on any atom is -0.383 e. The molecule has 3 N–H and O–H groups in total. The normalized spacial score (nSPS) is 22.1. The van der Waals surface area contributed by atoms with E-state index in [2.05, 4.69) is 11.4 Å². The zero-order valence-corrected chi connectivity index (χ0v) is 9.37. The van der Waals surface area contributed by atoms with Gasteiger partial charge in [0.2, 0.25) is 0 Å². The van der Waals surface area contributed by atoms with Crippen LogP contribution < -0.4 is 11.1 Å². The van der Waals surface area contributed by atoms with Crippen LogP contribution in [0.5, 0.6) is 0 Å². The Hall–Kier alpha value is -1.51. The van der Waals surface area contributed by atoms with Gasteiger partial charge in [-0.25, -0.2) is 4.99 Å². The van der Waals surface area contributed by atoms with E-state index in [1.54, 1.807) is 0 Å². The number of nitrogens with one attached hydrogen (secondary N) is 1. The zero-order valence-electron chi connectivity index (χ0n) is 9.37. The summed E-state index contributed by atoms with van der Waals surface area (Å²) in [6.07, 6.45) is 6.00. The van der Waals surface area contributed by atoms with Gasteiger partial charge in [0.1, 0.15) is 11.5 Å². The van der Waals surface area contributed by atoms with Crippen LogP contribution in [-0.4, -0.2) is 11.5 Å². The largest absolute Gasteiger partial charge is 0.383 e. The lowest BCUT2D eigenvalue weighted by Gasteiger charge is -2.39. The van der Waals surface area contributed by atoms with E-state index in [0.29, 0.717) is 5.84 Å². The van der Waals surface area contributed by atoms with E-state index in [1.807, 2.05) is 18.2 Å². The van der Waals surface area contributed by atoms with E-state index in [4.69, 9.17) is 10.7 Å². The van der Waals surface area contributed by atoms with Crippen molar-refractivity contribution in [3.8, 4) is 0 Å². The van der Waals surface area contributed by atoms with E-state index in [1.165, 1.54) is 19.3 Å². The highest BCUT2D eigenvalue weighted by molar-refractivity contribution is 6.04. The zero-order chi connectivity index (χ0) is 11.0. The number of hydrogen-bond donors (Lipinski definition) is 2. The lowest BCUT2D eigenvalue weighted by molar-refractivity contribution is 0.333. The molecule has 3 rings (SSSR count). The fourth-order valence-corrected chi connectivity index (χ4v) is 2.76. The van der Waals surface area contributed by atoms with Gasteiger partial charge in [-0.05, 0) is 37.8 Å². The summed E-state index contributed by atoms with van der Waals surface area (Å²) in [5.41, 5.74) is 8.12. The maximum atomic E-state index is 6.06. The topological polar surface area (TPSA) is 50.4 Å². The minimum atomic E-state index is -0.114. The molecule has 0 atom stereocenters. The lowest BCUT2D eigenvalue weighted by Crippen LogP contribution is -2.43. The van der Waals surface area contributed by atoms with Crippen LogP contribution in [0.25, 0.3) is 0 Å². The summed E-state index contributed by atoms with van der Waals surface area (Å²) < 4.78 is 0. The molecule has 1 aliphatic carbocycles. The summed E-state index contributed by atoms with van der Waals surface area (Å²) in [4.78, 5) is 4.70. The van der Waals surface area contributed by atoms with Gasteiger partial charge in [0.15, 0.2) is 0 Å². The van der Waals surface area contributed by atoms with E-state index in [9.17, 15) is 0 Å². The second-order valence-corrected chi connectivity index (χ2v) is 4.76. The van der Waals surface area contributed by atoms with Crippen molar-refractivity contribution in [3.63, 3.8) is 0 Å². The first-order valence-electron chi connectivity index (χ1n) is 6.02. The van der Waals surface area contributed by atoms with Crippen molar-refractivity contribution in [2.75, 3.05) is 5.32 Å². The number of nitrogens with two attached hydrogens (primary N) is 1. The van der Waals surface area contributed by atoms with Gasteiger partial charge < -0.3 is 11.1 Å². The molecular weight excluding hydrogens is 198 g/mol. The van der Waals surface area contributed by atoms with Crippen LogP contribution in [0.2, 0.25) is 0 Å². The first-order valence-corrected chi connectivity index (χ1v) is 6.02. The molecule has 1 aromatic rings. The molecule has 1 aromatic carbocycles. The quantitative estimate of drug-likeness (QED) is 0.698. The second kappa shape index (κ2) is 3.51. The van der Waals surface area contributed by atoms with Crippen molar-refractivity contribution in [1.29, 1.82) is 0 Å². The molecule has 0 bridgehead atoms. The molecule has 1 fully saturated rings. The number of fused-ring (bicyclic) bond motifs is 1. The summed E-state index contributed by atoms with van der Waals surface area (Å²) >= 11 is 0. The van der Waals surface area contributed by atoms with Gasteiger partial charge >= 0.3 is 0 Å². The average molecular weight is 215 g/mol. The van der Waals surface area contributed by atoms with Gasteiger partial charge in [0, 0.05) is 11.3 Å². The molecule has 1 saturated carbocycles. The van der Waals surface area contributed by atoms with Crippen molar-refractivity contribution in [3.05, 3.63) is 29.8 Å². The number of benzene rings is 1. The van der Waals surface area contributed by atoms with Gasteiger partial charge in [-0.3, -0.25) is 0 Å². The first-order chi connectivity index (χ1) is 7.79. The molecule has 2 aliphatic rings. The Labute approximate surface area is 95.8 Å². The molecule has 0 unspecified atom stereocenters. The van der Waals surface area contributed by atoms with Crippen LogP contribution in [0.1, 0.15) is 37.7 Å². The molecule has 0 radical (unpaired) electrons. The Kier molecular flexibility index (Phi) is 2.13. The monoisotopic (exact) mass is 215 g/mol. The van der Waals surface area contributed by atoms with E-state index >= 15 is 0 Å². The van der Waals surface area contributed by atoms with Crippen molar-refractivity contribution in [2.24, 2.45) is 10.7 Å². The molecule has 1 spiro atoms. The minimum absolute atomic E-state index is 0.114. The average Bonchev–Trinajstić information content (AvgIpc) is 2.30. The van der Waals surface area contributed by atoms with Gasteiger partial charge in [-0.2, -0.15) is 0 Å². The predicted molar refractivity (Wildman–Crippen MR) is 66.6 cm³/mol. The molecule has 0 aromatic heterocycles. The Morgan fingerprint density at radius 3 is 2.69 bits per heavy atom. The molecule has 3 heteroatoms. The summed E-state index contributed by atoms with van der Waals surface area (Å²) in [5.74, 6) is 0.691. The number of anilines is 1. The first kappa shape index (κ1) is 9.70. The van der Waals surface area contributed by atoms with Gasteiger partial charge in [0.05, 0.1) is 0 Å². The Morgan fingerprint density at radius 1 is 1.12 bits per heavy atom. The van der Waals surface area contributed by atoms with Crippen LogP contribution in [0.3, 0.4) is 0 Å². The molecule has 1 aliphatic heterocycles. The highest BCUT2D eigenvalue weighted by Crippen LogP contribution is 2.36. The van der Waals surface area contributed by atoms with Crippen LogP contribution in [0.15, 0.2) is 29.3 Å².